The van der Waals surface area contributed by atoms with E-state index in [9.17, 15) is 0 Å². The molecule has 0 bridgehead atoms. The maximum absolute atomic E-state index is 5.74. The van der Waals surface area contributed by atoms with E-state index in [4.69, 9.17) is 9.47 Å². The number of hydrogen-bond donors (Lipinski definition) is 1. The lowest BCUT2D eigenvalue weighted by molar-refractivity contribution is 0.256. The van der Waals surface area contributed by atoms with Gasteiger partial charge in [-0.3, -0.25) is 0 Å². The maximum Gasteiger partial charge on any atom is 0.119 e. The Labute approximate surface area is 96.8 Å². The van der Waals surface area contributed by atoms with Gasteiger partial charge in [0, 0.05) is 6.04 Å². The molecule has 1 aliphatic rings. The minimum absolute atomic E-state index is 0.488. The normalized spacial score (nSPS) is 16.9. The summed E-state index contributed by atoms with van der Waals surface area (Å²) in [6.07, 6.45) is 2.66. The summed E-state index contributed by atoms with van der Waals surface area (Å²) in [6, 6.07) is 8.21. The fourth-order valence-corrected chi connectivity index (χ4v) is 1.81. The van der Waals surface area contributed by atoms with Gasteiger partial charge in [-0.2, -0.15) is 0 Å². The van der Waals surface area contributed by atoms with Gasteiger partial charge in [0.05, 0.1) is 7.11 Å². The van der Waals surface area contributed by atoms with Crippen LogP contribution in [0.1, 0.15) is 12.8 Å². The molecule has 1 fully saturated rings. The molecule has 3 heteroatoms. The summed E-state index contributed by atoms with van der Waals surface area (Å²) in [5, 5.41) is 3.31. The van der Waals surface area contributed by atoms with Gasteiger partial charge in [0.2, 0.25) is 0 Å². The van der Waals surface area contributed by atoms with E-state index in [2.05, 4.69) is 5.32 Å². The second-order valence-electron chi connectivity index (χ2n) is 4.22. The van der Waals surface area contributed by atoms with E-state index in [1.165, 1.54) is 12.8 Å². The first-order chi connectivity index (χ1) is 7.83. The summed E-state index contributed by atoms with van der Waals surface area (Å²) in [5.74, 6) is 2.57. The van der Waals surface area contributed by atoms with Gasteiger partial charge >= 0.3 is 0 Å². The van der Waals surface area contributed by atoms with E-state index in [-0.39, 0.29) is 0 Å². The van der Waals surface area contributed by atoms with Crippen molar-refractivity contribution in [1.29, 1.82) is 0 Å². The Morgan fingerprint density at radius 3 is 2.38 bits per heavy atom. The Hall–Kier alpha value is -1.22. The van der Waals surface area contributed by atoms with Crippen molar-refractivity contribution >= 4 is 0 Å². The van der Waals surface area contributed by atoms with Gasteiger partial charge in [-0.25, -0.2) is 0 Å². The number of ether oxygens (including phenoxy) is 2. The van der Waals surface area contributed by atoms with Crippen LogP contribution in [-0.2, 0) is 0 Å². The smallest absolute Gasteiger partial charge is 0.119 e. The van der Waals surface area contributed by atoms with Gasteiger partial charge in [0.25, 0.3) is 0 Å². The average Bonchev–Trinajstić information content (AvgIpc) is 3.15. The van der Waals surface area contributed by atoms with Crippen LogP contribution in [0.25, 0.3) is 0 Å². The molecule has 16 heavy (non-hydrogen) atoms. The fraction of sp³-hybridized carbons (Fsp3) is 0.538. The van der Waals surface area contributed by atoms with Crippen LogP contribution in [0.2, 0.25) is 0 Å². The zero-order chi connectivity index (χ0) is 11.4. The molecule has 1 aromatic rings. The summed E-state index contributed by atoms with van der Waals surface area (Å²) in [5.41, 5.74) is 0. The molecule has 2 rings (SSSR count). The first kappa shape index (κ1) is 11.3. The Kier molecular flexibility index (Phi) is 3.67. The van der Waals surface area contributed by atoms with Crippen LogP contribution in [0.5, 0.6) is 11.5 Å². The third kappa shape index (κ3) is 2.89. The van der Waals surface area contributed by atoms with E-state index < -0.39 is 0 Å². The zero-order valence-corrected chi connectivity index (χ0v) is 9.90. The zero-order valence-electron chi connectivity index (χ0n) is 9.90. The van der Waals surface area contributed by atoms with Crippen LogP contribution in [0, 0.1) is 5.92 Å². The van der Waals surface area contributed by atoms with E-state index in [0.717, 1.165) is 24.0 Å². The first-order valence-corrected chi connectivity index (χ1v) is 5.77. The monoisotopic (exact) mass is 221 g/mol. The van der Waals surface area contributed by atoms with Crippen LogP contribution in [0.3, 0.4) is 0 Å². The predicted octanol–water partition coefficient (Wildman–Crippen LogP) is 2.07. The van der Waals surface area contributed by atoms with E-state index in [1.54, 1.807) is 7.11 Å². The Bertz CT molecular complexity index is 319. The van der Waals surface area contributed by atoms with Crippen LogP contribution in [0.15, 0.2) is 24.3 Å². The third-order valence-corrected chi connectivity index (χ3v) is 3.05. The van der Waals surface area contributed by atoms with Crippen molar-refractivity contribution in [3.8, 4) is 11.5 Å². The van der Waals surface area contributed by atoms with Gasteiger partial charge in [-0.1, -0.05) is 0 Å². The quantitative estimate of drug-likeness (QED) is 0.797. The summed E-state index contributed by atoms with van der Waals surface area (Å²) >= 11 is 0. The molecule has 0 radical (unpaired) electrons. The largest absolute Gasteiger partial charge is 0.497 e. The molecule has 1 unspecified atom stereocenters. The maximum atomic E-state index is 5.74. The molecule has 0 aliphatic heterocycles. The lowest BCUT2D eigenvalue weighted by Crippen LogP contribution is -2.33. The fourth-order valence-electron chi connectivity index (χ4n) is 1.81. The molecular weight excluding hydrogens is 202 g/mol. The molecule has 0 amide bonds. The second kappa shape index (κ2) is 5.21. The highest BCUT2D eigenvalue weighted by atomic mass is 16.5. The van der Waals surface area contributed by atoms with Crippen molar-refractivity contribution in [2.75, 3.05) is 20.8 Å². The lowest BCUT2D eigenvalue weighted by Gasteiger charge is -2.16. The van der Waals surface area contributed by atoms with E-state index >= 15 is 0 Å². The third-order valence-electron chi connectivity index (χ3n) is 3.05. The average molecular weight is 221 g/mol. The number of hydrogen-bond acceptors (Lipinski definition) is 3. The Balaban J connectivity index is 1.83. The number of nitrogens with one attached hydrogen (secondary N) is 1. The van der Waals surface area contributed by atoms with E-state index in [1.807, 2.05) is 31.3 Å². The van der Waals surface area contributed by atoms with Crippen LogP contribution < -0.4 is 14.8 Å². The van der Waals surface area contributed by atoms with Crippen molar-refractivity contribution in [1.82, 2.24) is 5.32 Å². The van der Waals surface area contributed by atoms with Crippen molar-refractivity contribution in [2.45, 2.75) is 18.9 Å². The molecule has 3 nitrogen and oxygen atoms in total. The van der Waals surface area contributed by atoms with E-state index in [0.29, 0.717) is 6.04 Å². The summed E-state index contributed by atoms with van der Waals surface area (Å²) in [6.45, 7) is 0.744. The highest BCUT2D eigenvalue weighted by Crippen LogP contribution is 2.32. The summed E-state index contributed by atoms with van der Waals surface area (Å²) in [7, 11) is 3.67. The molecule has 1 N–H and O–H groups in total. The minimum Gasteiger partial charge on any atom is -0.497 e. The molecule has 0 heterocycles. The van der Waals surface area contributed by atoms with Crippen LogP contribution in [-0.4, -0.2) is 26.8 Å². The van der Waals surface area contributed by atoms with Gasteiger partial charge in [-0.15, -0.1) is 0 Å². The molecular formula is C13H19NO2. The number of rotatable bonds is 6. The van der Waals surface area contributed by atoms with Gasteiger partial charge < -0.3 is 14.8 Å². The number of benzene rings is 1. The van der Waals surface area contributed by atoms with Crippen molar-refractivity contribution < 1.29 is 9.47 Å². The van der Waals surface area contributed by atoms with Crippen molar-refractivity contribution in [3.63, 3.8) is 0 Å². The molecule has 1 saturated carbocycles. The van der Waals surface area contributed by atoms with Gasteiger partial charge in [0.15, 0.2) is 0 Å². The molecule has 0 saturated heterocycles. The highest BCUT2D eigenvalue weighted by Gasteiger charge is 2.30. The topological polar surface area (TPSA) is 30.5 Å². The minimum atomic E-state index is 0.488. The van der Waals surface area contributed by atoms with Crippen LogP contribution >= 0.6 is 0 Å². The molecule has 0 aromatic heterocycles. The SMILES string of the molecule is CNC(COc1ccc(OC)cc1)C1CC1. The lowest BCUT2D eigenvalue weighted by atomic mass is 10.2. The molecule has 1 atom stereocenters. The van der Waals surface area contributed by atoms with Crippen molar-refractivity contribution in [3.05, 3.63) is 24.3 Å². The van der Waals surface area contributed by atoms with Gasteiger partial charge in [-0.05, 0) is 50.1 Å². The predicted molar refractivity (Wildman–Crippen MR) is 64.1 cm³/mol. The first-order valence-electron chi connectivity index (χ1n) is 5.77. The van der Waals surface area contributed by atoms with Crippen LogP contribution in [0.4, 0.5) is 0 Å². The second-order valence-corrected chi connectivity index (χ2v) is 4.22. The summed E-state index contributed by atoms with van der Waals surface area (Å²) in [4.78, 5) is 0. The summed E-state index contributed by atoms with van der Waals surface area (Å²) < 4.78 is 10.8. The standard InChI is InChI=1S/C13H19NO2/c1-14-13(10-3-4-10)9-16-12-7-5-11(15-2)6-8-12/h5-8,10,13-14H,3-4,9H2,1-2H3. The Morgan fingerprint density at radius 1 is 1.25 bits per heavy atom. The number of likely N-dealkylation sites (N-methyl/N-ethyl adjacent to an activating group) is 1. The molecule has 88 valence electrons. The Morgan fingerprint density at radius 2 is 1.88 bits per heavy atom. The molecule has 1 aromatic carbocycles. The van der Waals surface area contributed by atoms with Gasteiger partial charge in [0.1, 0.15) is 18.1 Å². The number of methoxy groups -OCH3 is 1. The van der Waals surface area contributed by atoms with Crippen molar-refractivity contribution in [2.24, 2.45) is 5.92 Å². The molecule has 0 spiro atoms. The highest BCUT2D eigenvalue weighted by molar-refractivity contribution is 5.31. The molecule has 1 aliphatic carbocycles.